The highest BCUT2D eigenvalue weighted by molar-refractivity contribution is 5.73. The Hall–Kier alpha value is -2.88. The van der Waals surface area contributed by atoms with E-state index in [1.807, 2.05) is 30.3 Å². The molecule has 2 rings (SSSR count). The van der Waals surface area contributed by atoms with E-state index in [0.717, 1.165) is 5.56 Å². The van der Waals surface area contributed by atoms with Crippen molar-refractivity contribution in [3.63, 3.8) is 0 Å². The van der Waals surface area contributed by atoms with Crippen molar-refractivity contribution >= 4 is 11.8 Å². The Bertz CT molecular complexity index is 669. The fraction of sp³-hybridized carbons (Fsp3) is 0.267. The lowest BCUT2D eigenvalue weighted by atomic mass is 10.1. The number of rotatable bonds is 5. The van der Waals surface area contributed by atoms with Crippen LogP contribution in [-0.2, 0) is 4.79 Å². The van der Waals surface area contributed by atoms with Gasteiger partial charge in [-0.2, -0.15) is 13.2 Å². The Balaban J connectivity index is 0.000000381. The molecule has 0 spiro atoms. The van der Waals surface area contributed by atoms with E-state index in [1.165, 1.54) is 6.33 Å². The molecule has 1 aromatic heterocycles. The average molecular weight is 359 g/mol. The molecule has 1 heterocycles. The maximum atomic E-state index is 10.6. The topological polar surface area (TPSA) is 105 Å². The molecule has 0 saturated carbocycles. The number of nitrogens with zero attached hydrogens (tertiary/aromatic N) is 2. The summed E-state index contributed by atoms with van der Waals surface area (Å²) in [5.41, 5.74) is 0.998. The van der Waals surface area contributed by atoms with Crippen LogP contribution in [0.3, 0.4) is 0 Å². The zero-order valence-electron chi connectivity index (χ0n) is 13.1. The minimum atomic E-state index is -5.08. The minimum Gasteiger partial charge on any atom is -0.481 e. The molecule has 0 bridgehead atoms. The molecule has 0 aliphatic heterocycles. The van der Waals surface area contributed by atoms with Crippen molar-refractivity contribution in [1.82, 2.24) is 9.97 Å². The molecule has 10 heteroatoms. The van der Waals surface area contributed by atoms with Gasteiger partial charge < -0.3 is 20.3 Å². The average Bonchev–Trinajstić information content (AvgIpc) is 2.60. The van der Waals surface area contributed by atoms with Crippen molar-refractivity contribution in [1.29, 1.82) is 0 Å². The number of halogens is 3. The van der Waals surface area contributed by atoms with Gasteiger partial charge in [-0.25, -0.2) is 14.8 Å². The number of carboxylic acids is 1. The van der Waals surface area contributed by atoms with E-state index in [9.17, 15) is 18.3 Å². The molecular weight excluding hydrogens is 343 g/mol. The molecule has 0 aliphatic carbocycles. The number of hydrogen-bond acceptors (Lipinski definition) is 6. The number of hydrogen-bond donors (Lipinski definition) is 3. The van der Waals surface area contributed by atoms with Gasteiger partial charge in [0.05, 0.1) is 19.8 Å². The Labute approximate surface area is 141 Å². The predicted octanol–water partition coefficient (Wildman–Crippen LogP) is 2.26. The number of aliphatic hydroxyl groups is 1. The summed E-state index contributed by atoms with van der Waals surface area (Å²) in [5.74, 6) is -1.66. The molecule has 0 fully saturated rings. The first-order valence-electron chi connectivity index (χ1n) is 6.86. The number of methoxy groups -OCH3 is 1. The number of anilines is 1. The Morgan fingerprint density at radius 1 is 1.28 bits per heavy atom. The summed E-state index contributed by atoms with van der Waals surface area (Å²) in [6.07, 6.45) is -3.67. The highest BCUT2D eigenvalue weighted by Gasteiger charge is 2.38. The van der Waals surface area contributed by atoms with Crippen LogP contribution in [0.25, 0.3) is 0 Å². The first-order valence-corrected chi connectivity index (χ1v) is 6.86. The van der Waals surface area contributed by atoms with Gasteiger partial charge in [0.1, 0.15) is 12.1 Å². The first-order chi connectivity index (χ1) is 11.8. The Morgan fingerprint density at radius 2 is 1.88 bits per heavy atom. The zero-order valence-corrected chi connectivity index (χ0v) is 13.1. The molecule has 3 N–H and O–H groups in total. The van der Waals surface area contributed by atoms with Crippen molar-refractivity contribution in [2.75, 3.05) is 19.0 Å². The lowest BCUT2D eigenvalue weighted by molar-refractivity contribution is -0.192. The van der Waals surface area contributed by atoms with Crippen LogP contribution in [0.4, 0.5) is 19.0 Å². The van der Waals surface area contributed by atoms with Crippen LogP contribution in [-0.4, -0.2) is 46.0 Å². The van der Waals surface area contributed by atoms with Crippen LogP contribution < -0.4 is 10.1 Å². The number of aliphatic hydroxyl groups excluding tert-OH is 1. The summed E-state index contributed by atoms with van der Waals surface area (Å²) in [7, 11) is 1.55. The number of aromatic nitrogens is 2. The third-order valence-electron chi connectivity index (χ3n) is 2.80. The zero-order chi connectivity index (χ0) is 18.9. The van der Waals surface area contributed by atoms with Gasteiger partial charge in [-0.15, -0.1) is 0 Å². The maximum Gasteiger partial charge on any atom is 0.490 e. The van der Waals surface area contributed by atoms with Gasteiger partial charge in [0, 0.05) is 6.07 Å². The number of carbonyl (C=O) groups is 1. The van der Waals surface area contributed by atoms with Gasteiger partial charge in [-0.05, 0) is 5.56 Å². The second kappa shape index (κ2) is 9.42. The van der Waals surface area contributed by atoms with Crippen LogP contribution in [0.1, 0.15) is 11.6 Å². The molecule has 136 valence electrons. The summed E-state index contributed by atoms with van der Waals surface area (Å²) >= 11 is 0. The van der Waals surface area contributed by atoms with E-state index in [1.54, 1.807) is 13.2 Å². The molecular formula is C15H16F3N3O4. The Kier molecular flexibility index (Phi) is 7.60. The van der Waals surface area contributed by atoms with E-state index in [-0.39, 0.29) is 12.6 Å². The number of aliphatic carboxylic acids is 1. The van der Waals surface area contributed by atoms with Gasteiger partial charge in [0.25, 0.3) is 0 Å². The van der Waals surface area contributed by atoms with Gasteiger partial charge >= 0.3 is 12.1 Å². The summed E-state index contributed by atoms with van der Waals surface area (Å²) in [4.78, 5) is 16.9. The van der Waals surface area contributed by atoms with E-state index < -0.39 is 12.1 Å². The highest BCUT2D eigenvalue weighted by atomic mass is 19.4. The van der Waals surface area contributed by atoms with Crippen molar-refractivity contribution < 1.29 is 32.9 Å². The standard InChI is InChI=1S/C13H15N3O2.C2HF3O2/c1-18-13-7-12(14-9-15-13)16-11(8-17)10-5-3-2-4-6-10;3-2(4,5)1(6)7/h2-7,9,11,17H,8H2,1H3,(H,14,15,16);(H,6,7)/t11-;/m0./s1. The smallest absolute Gasteiger partial charge is 0.481 e. The SMILES string of the molecule is COc1cc(N[C@@H](CO)c2ccccc2)ncn1.O=C(O)C(F)(F)F. The van der Waals surface area contributed by atoms with Crippen molar-refractivity contribution in [3.05, 3.63) is 48.3 Å². The van der Waals surface area contributed by atoms with Crippen molar-refractivity contribution in [3.8, 4) is 5.88 Å². The van der Waals surface area contributed by atoms with Gasteiger partial charge in [-0.3, -0.25) is 0 Å². The molecule has 1 aromatic carbocycles. The second-order valence-electron chi connectivity index (χ2n) is 4.54. The fourth-order valence-corrected chi connectivity index (χ4v) is 1.63. The molecule has 0 unspecified atom stereocenters. The third kappa shape index (κ3) is 7.04. The summed E-state index contributed by atoms with van der Waals surface area (Å²) in [6.45, 7) is -0.0175. The summed E-state index contributed by atoms with van der Waals surface area (Å²) in [5, 5.41) is 19.7. The molecule has 0 radical (unpaired) electrons. The van der Waals surface area contributed by atoms with E-state index in [2.05, 4.69) is 15.3 Å². The molecule has 0 aliphatic rings. The predicted molar refractivity (Wildman–Crippen MR) is 82.2 cm³/mol. The van der Waals surface area contributed by atoms with Crippen LogP contribution in [0.2, 0.25) is 0 Å². The van der Waals surface area contributed by atoms with Crippen molar-refractivity contribution in [2.24, 2.45) is 0 Å². The second-order valence-corrected chi connectivity index (χ2v) is 4.54. The lowest BCUT2D eigenvalue weighted by Gasteiger charge is -2.17. The number of benzene rings is 1. The molecule has 0 saturated heterocycles. The molecule has 1 atom stereocenters. The number of nitrogens with one attached hydrogen (secondary N) is 1. The van der Waals surface area contributed by atoms with Gasteiger partial charge in [-0.1, -0.05) is 30.3 Å². The van der Waals surface area contributed by atoms with Crippen LogP contribution in [0.5, 0.6) is 5.88 Å². The quantitative estimate of drug-likeness (QED) is 0.752. The molecule has 0 amide bonds. The molecule has 7 nitrogen and oxygen atoms in total. The largest absolute Gasteiger partial charge is 0.490 e. The van der Waals surface area contributed by atoms with Crippen LogP contribution in [0.15, 0.2) is 42.7 Å². The van der Waals surface area contributed by atoms with Crippen molar-refractivity contribution in [2.45, 2.75) is 12.2 Å². The summed E-state index contributed by atoms with van der Waals surface area (Å²) < 4.78 is 36.8. The van der Waals surface area contributed by atoms with E-state index >= 15 is 0 Å². The fourth-order valence-electron chi connectivity index (χ4n) is 1.63. The number of ether oxygens (including phenoxy) is 1. The molecule has 25 heavy (non-hydrogen) atoms. The number of alkyl halides is 3. The lowest BCUT2D eigenvalue weighted by Crippen LogP contribution is -2.21. The molecule has 2 aromatic rings. The number of carboxylic acid groups (broad SMARTS) is 1. The summed E-state index contributed by atoms with van der Waals surface area (Å²) in [6, 6.07) is 11.2. The first kappa shape index (κ1) is 20.2. The van der Waals surface area contributed by atoms with E-state index in [4.69, 9.17) is 14.6 Å². The van der Waals surface area contributed by atoms with Gasteiger partial charge in [0.15, 0.2) is 0 Å². The normalized spacial score (nSPS) is 11.7. The van der Waals surface area contributed by atoms with Crippen LogP contribution in [0, 0.1) is 0 Å². The van der Waals surface area contributed by atoms with Crippen LogP contribution >= 0.6 is 0 Å². The Morgan fingerprint density at radius 3 is 2.36 bits per heavy atom. The maximum absolute atomic E-state index is 10.6. The van der Waals surface area contributed by atoms with Gasteiger partial charge in [0.2, 0.25) is 5.88 Å². The van der Waals surface area contributed by atoms with E-state index in [0.29, 0.717) is 11.7 Å². The minimum absolute atomic E-state index is 0.0175. The third-order valence-corrected chi connectivity index (χ3v) is 2.80. The monoisotopic (exact) mass is 359 g/mol. The highest BCUT2D eigenvalue weighted by Crippen LogP contribution is 2.19.